The molecule has 0 aliphatic carbocycles. The van der Waals surface area contributed by atoms with E-state index in [0.29, 0.717) is 18.8 Å². The van der Waals surface area contributed by atoms with Crippen molar-refractivity contribution < 1.29 is 14.3 Å². The number of hydrogen-bond donors (Lipinski definition) is 1. The molecular weight excluding hydrogens is 304 g/mol. The van der Waals surface area contributed by atoms with Gasteiger partial charge in [-0.3, -0.25) is 9.69 Å². The first-order valence-corrected chi connectivity index (χ1v) is 9.00. The minimum absolute atomic E-state index is 0.0774. The van der Waals surface area contributed by atoms with E-state index in [2.05, 4.69) is 24.1 Å². The van der Waals surface area contributed by atoms with Crippen molar-refractivity contribution >= 4 is 5.91 Å². The van der Waals surface area contributed by atoms with Crippen LogP contribution in [0, 0.1) is 0 Å². The summed E-state index contributed by atoms with van der Waals surface area (Å²) >= 11 is 0. The van der Waals surface area contributed by atoms with Crippen LogP contribution in [-0.2, 0) is 9.53 Å². The van der Waals surface area contributed by atoms with Gasteiger partial charge in [-0.1, -0.05) is 18.2 Å². The second-order valence-electron chi connectivity index (χ2n) is 6.92. The number of fused-ring (bicyclic) bond motifs is 1. The van der Waals surface area contributed by atoms with Crippen LogP contribution < -0.4 is 10.1 Å². The molecule has 0 spiro atoms. The molecule has 24 heavy (non-hydrogen) atoms. The number of nitrogens with zero attached hydrogens (tertiary/aromatic N) is 1. The minimum Gasteiger partial charge on any atom is -0.492 e. The summed E-state index contributed by atoms with van der Waals surface area (Å²) in [7, 11) is 0. The van der Waals surface area contributed by atoms with E-state index in [4.69, 9.17) is 9.47 Å². The summed E-state index contributed by atoms with van der Waals surface area (Å²) in [5.41, 5.74) is 1.01. The molecule has 2 heterocycles. The maximum absolute atomic E-state index is 12.3. The van der Waals surface area contributed by atoms with Gasteiger partial charge in [-0.05, 0) is 39.3 Å². The van der Waals surface area contributed by atoms with E-state index in [0.717, 1.165) is 50.3 Å². The minimum atomic E-state index is -0.165. The molecule has 5 heteroatoms. The molecule has 1 aromatic rings. The zero-order chi connectivity index (χ0) is 16.9. The predicted molar refractivity (Wildman–Crippen MR) is 93.4 cm³/mol. The van der Waals surface area contributed by atoms with Crippen LogP contribution in [0.2, 0.25) is 0 Å². The fourth-order valence-corrected chi connectivity index (χ4v) is 3.64. The number of unbranched alkanes of at least 4 members (excludes halogenated alkanes) is 1. The van der Waals surface area contributed by atoms with Crippen LogP contribution in [0.4, 0.5) is 0 Å². The molecule has 0 aromatic heterocycles. The molecule has 132 valence electrons. The third-order valence-corrected chi connectivity index (χ3v) is 4.71. The highest BCUT2D eigenvalue weighted by molar-refractivity contribution is 5.85. The topological polar surface area (TPSA) is 50.8 Å². The lowest BCUT2D eigenvalue weighted by atomic mass is 10.0. The van der Waals surface area contributed by atoms with E-state index in [-0.39, 0.29) is 11.8 Å². The highest BCUT2D eigenvalue weighted by Crippen LogP contribution is 2.33. The van der Waals surface area contributed by atoms with Gasteiger partial charge < -0.3 is 14.8 Å². The number of para-hydroxylation sites is 1. The quantitative estimate of drug-likeness (QED) is 0.811. The molecule has 0 bridgehead atoms. The molecule has 1 aromatic carbocycles. The fraction of sp³-hybridized carbons (Fsp3) is 0.632. The van der Waals surface area contributed by atoms with Gasteiger partial charge in [-0.2, -0.15) is 0 Å². The molecule has 3 rings (SSSR count). The summed E-state index contributed by atoms with van der Waals surface area (Å²) in [6.07, 6.45) is 2.73. The number of carbonyl (C=O) groups is 1. The SMILES string of the molecule is C[C@@H]1CN(CCCCNC(=O)[C@H]2COc3ccccc32)C[C@@H](C)O1. The molecular formula is C19H28N2O3. The number of morpholine rings is 1. The zero-order valence-electron chi connectivity index (χ0n) is 14.7. The van der Waals surface area contributed by atoms with Gasteiger partial charge in [-0.15, -0.1) is 0 Å². The Kier molecular flexibility index (Phi) is 5.74. The maximum Gasteiger partial charge on any atom is 0.231 e. The van der Waals surface area contributed by atoms with Gasteiger partial charge in [0.25, 0.3) is 0 Å². The Labute approximate surface area is 144 Å². The van der Waals surface area contributed by atoms with E-state index in [1.165, 1.54) is 0 Å². The van der Waals surface area contributed by atoms with Crippen molar-refractivity contribution in [1.82, 2.24) is 10.2 Å². The van der Waals surface area contributed by atoms with Crippen molar-refractivity contribution in [2.24, 2.45) is 0 Å². The van der Waals surface area contributed by atoms with Gasteiger partial charge in [-0.25, -0.2) is 0 Å². The molecule has 3 atom stereocenters. The van der Waals surface area contributed by atoms with Crippen molar-refractivity contribution in [1.29, 1.82) is 0 Å². The molecule has 2 aliphatic rings. The lowest BCUT2D eigenvalue weighted by Gasteiger charge is -2.35. The third-order valence-electron chi connectivity index (χ3n) is 4.71. The monoisotopic (exact) mass is 332 g/mol. The second kappa shape index (κ2) is 7.99. The zero-order valence-corrected chi connectivity index (χ0v) is 14.7. The van der Waals surface area contributed by atoms with Gasteiger partial charge >= 0.3 is 0 Å². The molecule has 1 fully saturated rings. The summed E-state index contributed by atoms with van der Waals surface area (Å²) in [4.78, 5) is 14.8. The molecule has 1 N–H and O–H groups in total. The van der Waals surface area contributed by atoms with E-state index < -0.39 is 0 Å². The van der Waals surface area contributed by atoms with Crippen molar-refractivity contribution in [3.8, 4) is 5.75 Å². The first kappa shape index (κ1) is 17.2. The number of ether oxygens (including phenoxy) is 2. The Balaban J connectivity index is 1.35. The second-order valence-corrected chi connectivity index (χ2v) is 6.92. The first-order valence-electron chi connectivity index (χ1n) is 9.00. The Bertz CT molecular complexity index is 553. The Morgan fingerprint density at radius 3 is 2.75 bits per heavy atom. The van der Waals surface area contributed by atoms with Crippen LogP contribution in [0.15, 0.2) is 24.3 Å². The lowest BCUT2D eigenvalue weighted by molar-refractivity contribution is -0.122. The number of nitrogens with one attached hydrogen (secondary N) is 1. The van der Waals surface area contributed by atoms with Crippen LogP contribution >= 0.6 is 0 Å². The highest BCUT2D eigenvalue weighted by atomic mass is 16.5. The van der Waals surface area contributed by atoms with Crippen molar-refractivity contribution in [2.75, 3.05) is 32.8 Å². The summed E-state index contributed by atoms with van der Waals surface area (Å²) in [6, 6.07) is 7.80. The molecule has 2 aliphatic heterocycles. The normalized spacial score (nSPS) is 26.7. The van der Waals surface area contributed by atoms with Gasteiger partial charge in [0, 0.05) is 25.2 Å². The maximum atomic E-state index is 12.3. The van der Waals surface area contributed by atoms with Gasteiger partial charge in [0.2, 0.25) is 5.91 Å². The molecule has 1 amide bonds. The molecule has 5 nitrogen and oxygen atoms in total. The van der Waals surface area contributed by atoms with Crippen molar-refractivity contribution in [3.05, 3.63) is 29.8 Å². The van der Waals surface area contributed by atoms with Gasteiger partial charge in [0.05, 0.1) is 12.2 Å². The van der Waals surface area contributed by atoms with Gasteiger partial charge in [0.15, 0.2) is 0 Å². The van der Waals surface area contributed by atoms with Gasteiger partial charge in [0.1, 0.15) is 18.3 Å². The van der Waals surface area contributed by atoms with E-state index in [1.54, 1.807) is 0 Å². The highest BCUT2D eigenvalue weighted by Gasteiger charge is 2.29. The number of hydrogen-bond acceptors (Lipinski definition) is 4. The summed E-state index contributed by atoms with van der Waals surface area (Å²) < 4.78 is 11.3. The lowest BCUT2D eigenvalue weighted by Crippen LogP contribution is -2.45. The number of carbonyl (C=O) groups excluding carboxylic acids is 1. The molecule has 1 saturated heterocycles. The first-order chi connectivity index (χ1) is 11.6. The van der Waals surface area contributed by atoms with E-state index in [9.17, 15) is 4.79 Å². The molecule has 0 radical (unpaired) electrons. The predicted octanol–water partition coefficient (Wildman–Crippen LogP) is 2.17. The van der Waals surface area contributed by atoms with Crippen LogP contribution in [0.25, 0.3) is 0 Å². The van der Waals surface area contributed by atoms with Crippen molar-refractivity contribution in [2.45, 2.75) is 44.8 Å². The number of rotatable bonds is 6. The Morgan fingerprint density at radius 2 is 1.96 bits per heavy atom. The number of amides is 1. The van der Waals surface area contributed by atoms with E-state index >= 15 is 0 Å². The Hall–Kier alpha value is -1.59. The number of benzene rings is 1. The fourth-order valence-electron chi connectivity index (χ4n) is 3.64. The summed E-state index contributed by atoms with van der Waals surface area (Å²) in [5.74, 6) is 0.754. The van der Waals surface area contributed by atoms with Crippen LogP contribution in [0.3, 0.4) is 0 Å². The molecule has 0 unspecified atom stereocenters. The summed E-state index contributed by atoms with van der Waals surface area (Å²) in [5, 5.41) is 3.06. The van der Waals surface area contributed by atoms with Crippen LogP contribution in [0.1, 0.15) is 38.2 Å². The third kappa shape index (κ3) is 4.28. The smallest absolute Gasteiger partial charge is 0.231 e. The van der Waals surface area contributed by atoms with E-state index in [1.807, 2.05) is 24.3 Å². The van der Waals surface area contributed by atoms with Crippen LogP contribution in [-0.4, -0.2) is 55.8 Å². The standard InChI is InChI=1S/C19H28N2O3/c1-14-11-21(12-15(2)24-14)10-6-5-9-20-19(22)17-13-23-18-8-4-3-7-16(17)18/h3-4,7-8,14-15,17H,5-6,9-13H2,1-2H3,(H,20,22)/t14-,15-,17+/m1/s1. The largest absolute Gasteiger partial charge is 0.492 e. The molecule has 0 saturated carbocycles. The van der Waals surface area contributed by atoms with Crippen LogP contribution in [0.5, 0.6) is 5.75 Å². The Morgan fingerprint density at radius 1 is 1.21 bits per heavy atom. The average Bonchev–Trinajstić information content (AvgIpc) is 2.97. The van der Waals surface area contributed by atoms with Crippen molar-refractivity contribution in [3.63, 3.8) is 0 Å². The summed E-state index contributed by atoms with van der Waals surface area (Å²) in [6.45, 7) is 8.53. The average molecular weight is 332 g/mol.